The Labute approximate surface area is 149 Å². The van der Waals surface area contributed by atoms with Crippen LogP contribution in [0, 0.1) is 5.82 Å². The van der Waals surface area contributed by atoms with Crippen molar-refractivity contribution in [2.45, 2.75) is 25.8 Å². The number of halogens is 1. The third-order valence-corrected chi connectivity index (χ3v) is 4.83. The Bertz CT molecular complexity index is 1060. The van der Waals surface area contributed by atoms with Gasteiger partial charge in [-0.05, 0) is 24.6 Å². The van der Waals surface area contributed by atoms with E-state index < -0.39 is 11.9 Å². The van der Waals surface area contributed by atoms with E-state index >= 15 is 0 Å². The molecule has 0 N–H and O–H groups in total. The normalized spacial score (nSPS) is 16.3. The Balaban J connectivity index is 2.00. The summed E-state index contributed by atoms with van der Waals surface area (Å²) in [7, 11) is 0. The van der Waals surface area contributed by atoms with Crippen LogP contribution in [0.15, 0.2) is 57.7 Å². The van der Waals surface area contributed by atoms with Crippen LogP contribution >= 0.6 is 0 Å². The van der Waals surface area contributed by atoms with Crippen LogP contribution in [0.5, 0.6) is 0 Å². The van der Waals surface area contributed by atoms with Crippen molar-refractivity contribution in [1.29, 1.82) is 0 Å². The van der Waals surface area contributed by atoms with Gasteiger partial charge in [-0.3, -0.25) is 9.59 Å². The molecule has 0 radical (unpaired) electrons. The van der Waals surface area contributed by atoms with Gasteiger partial charge < -0.3 is 9.32 Å². The van der Waals surface area contributed by atoms with E-state index in [1.807, 2.05) is 6.92 Å². The maximum Gasteiger partial charge on any atom is 0.290 e. The van der Waals surface area contributed by atoms with Crippen LogP contribution in [0.2, 0.25) is 0 Å². The van der Waals surface area contributed by atoms with Crippen molar-refractivity contribution < 1.29 is 13.6 Å². The summed E-state index contributed by atoms with van der Waals surface area (Å²) < 4.78 is 20.3. The van der Waals surface area contributed by atoms with Crippen molar-refractivity contribution in [1.82, 2.24) is 4.90 Å². The summed E-state index contributed by atoms with van der Waals surface area (Å²) in [5.41, 5.74) is 0.643. The second-order valence-electron chi connectivity index (χ2n) is 6.45. The monoisotopic (exact) mass is 351 g/mol. The lowest BCUT2D eigenvalue weighted by Crippen LogP contribution is -2.31. The molecule has 1 amide bonds. The molecule has 2 heterocycles. The van der Waals surface area contributed by atoms with Gasteiger partial charge in [-0.25, -0.2) is 4.39 Å². The van der Waals surface area contributed by atoms with Gasteiger partial charge in [0.25, 0.3) is 5.91 Å². The molecule has 0 spiro atoms. The first-order valence-corrected chi connectivity index (χ1v) is 8.74. The smallest absolute Gasteiger partial charge is 0.290 e. The van der Waals surface area contributed by atoms with Crippen LogP contribution in [-0.4, -0.2) is 17.4 Å². The molecule has 3 aromatic rings. The highest BCUT2D eigenvalue weighted by atomic mass is 19.1. The Morgan fingerprint density at radius 1 is 1.08 bits per heavy atom. The highest BCUT2D eigenvalue weighted by molar-refractivity contribution is 5.99. The predicted octanol–water partition coefficient (Wildman–Crippen LogP) is 4.28. The van der Waals surface area contributed by atoms with Gasteiger partial charge in [-0.1, -0.05) is 43.7 Å². The Kier molecular flexibility index (Phi) is 4.07. The number of carbonyl (C=O) groups is 1. The Morgan fingerprint density at radius 2 is 1.81 bits per heavy atom. The molecule has 0 saturated carbocycles. The first-order valence-electron chi connectivity index (χ1n) is 8.74. The minimum atomic E-state index is -0.758. The van der Waals surface area contributed by atoms with E-state index in [0.717, 1.165) is 12.8 Å². The molecule has 4 nitrogen and oxygen atoms in total. The van der Waals surface area contributed by atoms with E-state index in [9.17, 15) is 14.0 Å². The summed E-state index contributed by atoms with van der Waals surface area (Å²) >= 11 is 0. The van der Waals surface area contributed by atoms with Gasteiger partial charge in [-0.2, -0.15) is 0 Å². The van der Waals surface area contributed by atoms with Crippen molar-refractivity contribution in [3.05, 3.63) is 81.5 Å². The van der Waals surface area contributed by atoms with E-state index in [0.29, 0.717) is 23.1 Å². The number of amides is 1. The predicted molar refractivity (Wildman–Crippen MR) is 96.7 cm³/mol. The molecule has 4 rings (SSSR count). The van der Waals surface area contributed by atoms with Crippen LogP contribution in [0.25, 0.3) is 11.0 Å². The Morgan fingerprint density at radius 3 is 2.58 bits per heavy atom. The fraction of sp³-hybridized carbons (Fsp3) is 0.238. The zero-order valence-electron chi connectivity index (χ0n) is 14.4. The summed E-state index contributed by atoms with van der Waals surface area (Å²) in [4.78, 5) is 27.6. The number of fused-ring (bicyclic) bond motifs is 2. The number of rotatable bonds is 4. The molecule has 0 bridgehead atoms. The zero-order valence-corrected chi connectivity index (χ0v) is 14.4. The molecular weight excluding hydrogens is 333 g/mol. The van der Waals surface area contributed by atoms with Crippen molar-refractivity contribution in [2.24, 2.45) is 0 Å². The van der Waals surface area contributed by atoms with Crippen LogP contribution in [-0.2, 0) is 0 Å². The minimum Gasteiger partial charge on any atom is -0.450 e. The molecule has 5 heteroatoms. The number of benzene rings is 2. The number of carbonyl (C=O) groups excluding carboxylic acids is 1. The topological polar surface area (TPSA) is 50.5 Å². The maximum atomic E-state index is 14.5. The third-order valence-electron chi connectivity index (χ3n) is 4.83. The first-order chi connectivity index (χ1) is 12.6. The van der Waals surface area contributed by atoms with Gasteiger partial charge in [-0.15, -0.1) is 0 Å². The van der Waals surface area contributed by atoms with E-state index in [2.05, 4.69) is 0 Å². The molecule has 0 unspecified atom stereocenters. The van der Waals surface area contributed by atoms with Crippen molar-refractivity contribution >= 4 is 16.9 Å². The van der Waals surface area contributed by atoms with E-state index in [4.69, 9.17) is 4.42 Å². The molecule has 0 saturated heterocycles. The molecule has 0 fully saturated rings. The number of unbranched alkanes of at least 4 members (excludes halogenated alkanes) is 1. The molecule has 1 aliphatic rings. The molecule has 1 atom stereocenters. The first kappa shape index (κ1) is 16.5. The highest BCUT2D eigenvalue weighted by Gasteiger charge is 2.43. The molecule has 0 aliphatic carbocycles. The average molecular weight is 351 g/mol. The number of hydrogen-bond acceptors (Lipinski definition) is 3. The van der Waals surface area contributed by atoms with E-state index in [1.54, 1.807) is 47.4 Å². The lowest BCUT2D eigenvalue weighted by molar-refractivity contribution is 0.0724. The van der Waals surface area contributed by atoms with E-state index in [-0.39, 0.29) is 22.7 Å². The summed E-state index contributed by atoms with van der Waals surface area (Å²) in [6, 6.07) is 12.3. The molecule has 132 valence electrons. The van der Waals surface area contributed by atoms with Crippen LogP contribution in [0.4, 0.5) is 4.39 Å². The quantitative estimate of drug-likeness (QED) is 0.705. The van der Waals surface area contributed by atoms with Crippen LogP contribution in [0.3, 0.4) is 0 Å². The summed E-state index contributed by atoms with van der Waals surface area (Å²) in [6.45, 7) is 2.46. The lowest BCUT2D eigenvalue weighted by Gasteiger charge is -2.25. The summed E-state index contributed by atoms with van der Waals surface area (Å²) in [6.07, 6.45) is 1.64. The second kappa shape index (κ2) is 6.41. The highest BCUT2D eigenvalue weighted by Crippen LogP contribution is 2.39. The average Bonchev–Trinajstić information content (AvgIpc) is 2.93. The molecule has 2 aromatic carbocycles. The SMILES string of the molecule is CCCCN1C(=O)c2oc3ccccc3c(=O)c2[C@H]1c1ccccc1F. The number of nitrogens with zero attached hydrogens (tertiary/aromatic N) is 1. The number of para-hydroxylation sites is 1. The van der Waals surface area contributed by atoms with Gasteiger partial charge in [0, 0.05) is 12.1 Å². The third kappa shape index (κ3) is 2.43. The van der Waals surface area contributed by atoms with Gasteiger partial charge >= 0.3 is 0 Å². The van der Waals surface area contributed by atoms with Gasteiger partial charge in [0.05, 0.1) is 17.0 Å². The summed E-state index contributed by atoms with van der Waals surface area (Å²) in [5.74, 6) is -0.769. The fourth-order valence-electron chi connectivity index (χ4n) is 3.55. The minimum absolute atomic E-state index is 0.0260. The van der Waals surface area contributed by atoms with Crippen molar-refractivity contribution in [3.63, 3.8) is 0 Å². The van der Waals surface area contributed by atoms with Gasteiger partial charge in [0.15, 0.2) is 5.43 Å². The molecule has 1 aliphatic heterocycles. The van der Waals surface area contributed by atoms with Gasteiger partial charge in [0.2, 0.25) is 5.76 Å². The van der Waals surface area contributed by atoms with E-state index in [1.165, 1.54) is 6.07 Å². The lowest BCUT2D eigenvalue weighted by atomic mass is 9.98. The van der Waals surface area contributed by atoms with Crippen LogP contribution in [0.1, 0.15) is 47.5 Å². The standard InChI is InChI=1S/C21H18FNO3/c1-2-3-12-23-18(13-8-4-6-10-15(13)22)17-19(24)14-9-5-7-11-16(14)26-20(17)21(23)25/h4-11,18H,2-3,12H2,1H3/t18-/m1/s1. The Hall–Kier alpha value is -2.95. The van der Waals surface area contributed by atoms with Crippen LogP contribution < -0.4 is 5.43 Å². The zero-order chi connectivity index (χ0) is 18.3. The van der Waals surface area contributed by atoms with Gasteiger partial charge in [0.1, 0.15) is 11.4 Å². The van der Waals surface area contributed by atoms with Crippen molar-refractivity contribution in [2.75, 3.05) is 6.54 Å². The largest absolute Gasteiger partial charge is 0.450 e. The molecule has 1 aromatic heterocycles. The fourth-order valence-corrected chi connectivity index (χ4v) is 3.55. The second-order valence-corrected chi connectivity index (χ2v) is 6.45. The summed E-state index contributed by atoms with van der Waals surface area (Å²) in [5, 5.41) is 0.401. The van der Waals surface area contributed by atoms with Crippen molar-refractivity contribution in [3.8, 4) is 0 Å². The molecular formula is C21H18FNO3. The molecule has 26 heavy (non-hydrogen) atoms. The number of hydrogen-bond donors (Lipinski definition) is 0. The maximum absolute atomic E-state index is 14.5.